The van der Waals surface area contributed by atoms with Crippen molar-refractivity contribution in [2.24, 2.45) is 11.1 Å². The normalized spacial score (nSPS) is 14.7. The summed E-state index contributed by atoms with van der Waals surface area (Å²) in [5.74, 6) is -2.98. The van der Waals surface area contributed by atoms with E-state index in [1.807, 2.05) is 0 Å². The van der Waals surface area contributed by atoms with Crippen molar-refractivity contribution in [2.45, 2.75) is 45.7 Å². The standard InChI is InChI=1S/C11H20N2O5/c1-11(2,3)8(12)9(16)13-6(10(17)18)4-5-7(14)15/h6,8H,4-5,12H2,1-3H3,(H,13,16)(H,14,15)(H,17,18)/t6?,8-/m1/s1. The fourth-order valence-corrected chi connectivity index (χ4v) is 1.18. The number of carboxylic acids is 2. The molecule has 0 rings (SSSR count). The molecule has 0 spiro atoms. The van der Waals surface area contributed by atoms with Gasteiger partial charge in [0.15, 0.2) is 0 Å². The van der Waals surface area contributed by atoms with Gasteiger partial charge >= 0.3 is 11.9 Å². The Labute approximate surface area is 105 Å². The van der Waals surface area contributed by atoms with Gasteiger partial charge in [-0.1, -0.05) is 20.8 Å². The molecule has 7 nitrogen and oxygen atoms in total. The largest absolute Gasteiger partial charge is 0.481 e. The van der Waals surface area contributed by atoms with Gasteiger partial charge in [0.1, 0.15) is 6.04 Å². The Kier molecular flexibility index (Phi) is 5.77. The lowest BCUT2D eigenvalue weighted by atomic mass is 9.87. The number of amides is 1. The van der Waals surface area contributed by atoms with Crippen molar-refractivity contribution < 1.29 is 24.6 Å². The van der Waals surface area contributed by atoms with Crippen LogP contribution in [-0.4, -0.2) is 40.1 Å². The van der Waals surface area contributed by atoms with Gasteiger partial charge in [0.25, 0.3) is 0 Å². The summed E-state index contributed by atoms with van der Waals surface area (Å²) in [6.45, 7) is 5.26. The van der Waals surface area contributed by atoms with E-state index in [1.165, 1.54) is 0 Å². The molecule has 0 aromatic heterocycles. The molecule has 0 heterocycles. The molecule has 2 atom stereocenters. The first-order chi connectivity index (χ1) is 8.05. The summed E-state index contributed by atoms with van der Waals surface area (Å²) < 4.78 is 0. The number of carboxylic acid groups (broad SMARTS) is 2. The van der Waals surface area contributed by atoms with Crippen LogP contribution in [0.4, 0.5) is 0 Å². The summed E-state index contributed by atoms with van der Waals surface area (Å²) >= 11 is 0. The lowest BCUT2D eigenvalue weighted by Crippen LogP contribution is -2.53. The SMILES string of the molecule is CC(C)(C)[C@H](N)C(=O)NC(CCC(=O)O)C(=O)O. The molecule has 104 valence electrons. The molecule has 18 heavy (non-hydrogen) atoms. The second kappa shape index (κ2) is 6.34. The Balaban J connectivity index is 4.55. The van der Waals surface area contributed by atoms with Gasteiger partial charge in [-0.2, -0.15) is 0 Å². The van der Waals surface area contributed by atoms with Crippen LogP contribution in [0.2, 0.25) is 0 Å². The third-order valence-corrected chi connectivity index (χ3v) is 2.48. The highest BCUT2D eigenvalue weighted by molar-refractivity contribution is 5.87. The van der Waals surface area contributed by atoms with Gasteiger partial charge in [0.2, 0.25) is 5.91 Å². The molecule has 0 aliphatic heterocycles. The fraction of sp³-hybridized carbons (Fsp3) is 0.727. The Bertz CT molecular complexity index is 335. The third kappa shape index (κ3) is 5.62. The minimum atomic E-state index is -1.27. The highest BCUT2D eigenvalue weighted by atomic mass is 16.4. The van der Waals surface area contributed by atoms with Crippen molar-refractivity contribution in [2.75, 3.05) is 0 Å². The topological polar surface area (TPSA) is 130 Å². The van der Waals surface area contributed by atoms with Crippen LogP contribution in [0.25, 0.3) is 0 Å². The van der Waals surface area contributed by atoms with E-state index in [0.29, 0.717) is 0 Å². The summed E-state index contributed by atoms with van der Waals surface area (Å²) in [6, 6.07) is -2.09. The first kappa shape index (κ1) is 16.4. The molecule has 1 amide bonds. The smallest absolute Gasteiger partial charge is 0.326 e. The third-order valence-electron chi connectivity index (χ3n) is 2.48. The molecule has 5 N–H and O–H groups in total. The first-order valence-electron chi connectivity index (χ1n) is 5.56. The van der Waals surface area contributed by atoms with E-state index >= 15 is 0 Å². The van der Waals surface area contributed by atoms with Gasteiger partial charge in [-0.3, -0.25) is 9.59 Å². The number of rotatable bonds is 6. The highest BCUT2D eigenvalue weighted by Gasteiger charge is 2.30. The number of nitrogens with one attached hydrogen (secondary N) is 1. The second-order valence-corrected chi connectivity index (χ2v) is 5.18. The summed E-state index contributed by atoms with van der Waals surface area (Å²) in [7, 11) is 0. The van der Waals surface area contributed by atoms with Crippen LogP contribution in [-0.2, 0) is 14.4 Å². The molecule has 0 aliphatic carbocycles. The Morgan fingerprint density at radius 2 is 1.72 bits per heavy atom. The van der Waals surface area contributed by atoms with Crippen molar-refractivity contribution in [3.8, 4) is 0 Å². The summed E-state index contributed by atoms with van der Waals surface area (Å²) in [4.78, 5) is 32.9. The molecule has 0 fully saturated rings. The van der Waals surface area contributed by atoms with Gasteiger partial charge in [-0.15, -0.1) is 0 Å². The molecule has 0 saturated carbocycles. The number of hydrogen-bond donors (Lipinski definition) is 4. The van der Waals surface area contributed by atoms with Crippen molar-refractivity contribution in [3.05, 3.63) is 0 Å². The van der Waals surface area contributed by atoms with Crippen LogP contribution in [0.1, 0.15) is 33.6 Å². The monoisotopic (exact) mass is 260 g/mol. The fourth-order valence-electron chi connectivity index (χ4n) is 1.18. The maximum absolute atomic E-state index is 11.7. The lowest BCUT2D eigenvalue weighted by Gasteiger charge is -2.27. The zero-order valence-electron chi connectivity index (χ0n) is 10.8. The zero-order valence-corrected chi connectivity index (χ0v) is 10.8. The van der Waals surface area contributed by atoms with Gasteiger partial charge in [0.05, 0.1) is 6.04 Å². The molecule has 0 radical (unpaired) electrons. The summed E-state index contributed by atoms with van der Waals surface area (Å²) in [6.07, 6.45) is -0.505. The zero-order chi connectivity index (χ0) is 14.5. The number of aliphatic carboxylic acids is 2. The van der Waals surface area contributed by atoms with Crippen LogP contribution >= 0.6 is 0 Å². The first-order valence-corrected chi connectivity index (χ1v) is 5.56. The van der Waals surface area contributed by atoms with E-state index < -0.39 is 35.3 Å². The molecular formula is C11H20N2O5. The predicted molar refractivity (Wildman–Crippen MR) is 63.9 cm³/mol. The second-order valence-electron chi connectivity index (χ2n) is 5.18. The van der Waals surface area contributed by atoms with Crippen LogP contribution in [0, 0.1) is 5.41 Å². The number of hydrogen-bond acceptors (Lipinski definition) is 4. The molecule has 0 saturated heterocycles. The van der Waals surface area contributed by atoms with Crippen molar-refractivity contribution >= 4 is 17.8 Å². The van der Waals surface area contributed by atoms with Gasteiger partial charge in [-0.05, 0) is 11.8 Å². The molecular weight excluding hydrogens is 240 g/mol. The van der Waals surface area contributed by atoms with Crippen LogP contribution in [0.3, 0.4) is 0 Å². The maximum Gasteiger partial charge on any atom is 0.326 e. The number of carbonyl (C=O) groups is 3. The maximum atomic E-state index is 11.7. The molecule has 0 aliphatic rings. The minimum Gasteiger partial charge on any atom is -0.481 e. The average Bonchev–Trinajstić information content (AvgIpc) is 2.20. The Morgan fingerprint density at radius 3 is 2.06 bits per heavy atom. The molecule has 1 unspecified atom stereocenters. The average molecular weight is 260 g/mol. The van der Waals surface area contributed by atoms with Gasteiger partial charge in [0, 0.05) is 6.42 Å². The highest BCUT2D eigenvalue weighted by Crippen LogP contribution is 2.17. The van der Waals surface area contributed by atoms with Crippen LogP contribution < -0.4 is 11.1 Å². The van der Waals surface area contributed by atoms with E-state index in [4.69, 9.17) is 15.9 Å². The van der Waals surface area contributed by atoms with E-state index in [1.54, 1.807) is 20.8 Å². The van der Waals surface area contributed by atoms with Crippen molar-refractivity contribution in [3.63, 3.8) is 0 Å². The Hall–Kier alpha value is -1.63. The van der Waals surface area contributed by atoms with E-state index in [-0.39, 0.29) is 12.8 Å². The van der Waals surface area contributed by atoms with Crippen molar-refractivity contribution in [1.29, 1.82) is 0 Å². The molecule has 0 bridgehead atoms. The molecule has 7 heteroatoms. The number of carbonyl (C=O) groups excluding carboxylic acids is 1. The lowest BCUT2D eigenvalue weighted by molar-refractivity contribution is -0.143. The van der Waals surface area contributed by atoms with Crippen LogP contribution in [0.15, 0.2) is 0 Å². The minimum absolute atomic E-state index is 0.173. The number of nitrogens with two attached hydrogens (primary N) is 1. The van der Waals surface area contributed by atoms with Gasteiger partial charge in [-0.25, -0.2) is 4.79 Å². The van der Waals surface area contributed by atoms with Crippen LogP contribution in [0.5, 0.6) is 0 Å². The predicted octanol–water partition coefficient (Wildman–Crippen LogP) is -0.206. The van der Waals surface area contributed by atoms with Crippen molar-refractivity contribution in [1.82, 2.24) is 5.32 Å². The van der Waals surface area contributed by atoms with E-state index in [0.717, 1.165) is 0 Å². The summed E-state index contributed by atoms with van der Waals surface area (Å²) in [5.41, 5.74) is 5.18. The van der Waals surface area contributed by atoms with Gasteiger partial charge < -0.3 is 21.3 Å². The molecule has 0 aromatic carbocycles. The molecule has 0 aromatic rings. The quantitative estimate of drug-likeness (QED) is 0.523. The van der Waals surface area contributed by atoms with E-state index in [9.17, 15) is 14.4 Å². The van der Waals surface area contributed by atoms with E-state index in [2.05, 4.69) is 5.32 Å². The summed E-state index contributed by atoms with van der Waals surface area (Å²) in [5, 5.41) is 19.6. The Morgan fingerprint density at radius 1 is 1.22 bits per heavy atom.